The van der Waals surface area contributed by atoms with Gasteiger partial charge in [0.1, 0.15) is 5.60 Å². The van der Waals surface area contributed by atoms with Gasteiger partial charge in [-0.2, -0.15) is 0 Å². The second-order valence-corrected chi connectivity index (χ2v) is 8.64. The van der Waals surface area contributed by atoms with Crippen LogP contribution in [0, 0.1) is 16.7 Å². The van der Waals surface area contributed by atoms with E-state index in [-0.39, 0.29) is 12.2 Å². The van der Waals surface area contributed by atoms with E-state index in [0.717, 1.165) is 19.3 Å². The SMILES string of the molecule is C=C(C)C(=O)OCC(=O)OC12CC3CC(C)(CC(C)(C3)C1)C2. The van der Waals surface area contributed by atoms with Crippen LogP contribution in [0.15, 0.2) is 12.2 Å². The van der Waals surface area contributed by atoms with Crippen molar-refractivity contribution in [1.82, 2.24) is 0 Å². The largest absolute Gasteiger partial charge is 0.457 e. The van der Waals surface area contributed by atoms with Crippen LogP contribution in [0.5, 0.6) is 0 Å². The molecular weight excluding hydrogens is 280 g/mol. The highest BCUT2D eigenvalue weighted by Crippen LogP contribution is 2.67. The zero-order chi connectivity index (χ0) is 16.2. The van der Waals surface area contributed by atoms with Crippen LogP contribution in [0.4, 0.5) is 0 Å². The molecule has 0 heterocycles. The van der Waals surface area contributed by atoms with Gasteiger partial charge in [-0.25, -0.2) is 9.59 Å². The minimum absolute atomic E-state index is 0.294. The molecule has 4 aliphatic carbocycles. The summed E-state index contributed by atoms with van der Waals surface area (Å²) in [7, 11) is 0. The Labute approximate surface area is 132 Å². The van der Waals surface area contributed by atoms with Crippen molar-refractivity contribution >= 4 is 11.9 Å². The second kappa shape index (κ2) is 4.84. The molecule has 0 aromatic heterocycles. The summed E-state index contributed by atoms with van der Waals surface area (Å²) in [6.07, 6.45) is 6.62. The number of rotatable bonds is 4. The summed E-state index contributed by atoms with van der Waals surface area (Å²) in [5.41, 5.74) is 0.545. The van der Waals surface area contributed by atoms with E-state index >= 15 is 0 Å². The highest BCUT2D eigenvalue weighted by molar-refractivity contribution is 5.88. The van der Waals surface area contributed by atoms with Crippen molar-refractivity contribution in [3.8, 4) is 0 Å². The average molecular weight is 306 g/mol. The highest BCUT2D eigenvalue weighted by Gasteiger charge is 2.61. The molecule has 0 aliphatic heterocycles. The Morgan fingerprint density at radius 3 is 2.18 bits per heavy atom. The molecule has 4 bridgehead atoms. The van der Waals surface area contributed by atoms with Gasteiger partial charge in [0.25, 0.3) is 0 Å². The van der Waals surface area contributed by atoms with Crippen molar-refractivity contribution in [1.29, 1.82) is 0 Å². The van der Waals surface area contributed by atoms with Gasteiger partial charge in [-0.3, -0.25) is 0 Å². The number of carbonyl (C=O) groups is 2. The monoisotopic (exact) mass is 306 g/mol. The molecule has 2 unspecified atom stereocenters. The van der Waals surface area contributed by atoms with Gasteiger partial charge in [0.05, 0.1) is 0 Å². The van der Waals surface area contributed by atoms with Crippen molar-refractivity contribution in [3.05, 3.63) is 12.2 Å². The molecule has 2 atom stereocenters. The van der Waals surface area contributed by atoms with Gasteiger partial charge in [-0.05, 0) is 62.2 Å². The molecule has 0 spiro atoms. The normalized spacial score (nSPS) is 42.0. The first-order valence-corrected chi connectivity index (χ1v) is 8.17. The molecule has 22 heavy (non-hydrogen) atoms. The Hall–Kier alpha value is -1.32. The summed E-state index contributed by atoms with van der Waals surface area (Å²) >= 11 is 0. The fraction of sp³-hybridized carbons (Fsp3) is 0.778. The van der Waals surface area contributed by atoms with E-state index in [0.29, 0.717) is 22.3 Å². The minimum Gasteiger partial charge on any atom is -0.457 e. The van der Waals surface area contributed by atoms with Gasteiger partial charge >= 0.3 is 11.9 Å². The first-order chi connectivity index (χ1) is 10.1. The molecule has 0 saturated heterocycles. The molecule has 122 valence electrons. The van der Waals surface area contributed by atoms with Gasteiger partial charge in [0.2, 0.25) is 0 Å². The van der Waals surface area contributed by atoms with E-state index in [9.17, 15) is 9.59 Å². The molecule has 4 heteroatoms. The lowest BCUT2D eigenvalue weighted by atomic mass is 9.43. The van der Waals surface area contributed by atoms with E-state index in [1.54, 1.807) is 6.92 Å². The maximum atomic E-state index is 12.1. The number of carbonyl (C=O) groups excluding carboxylic acids is 2. The molecule has 4 saturated carbocycles. The van der Waals surface area contributed by atoms with Gasteiger partial charge in [-0.1, -0.05) is 20.4 Å². The zero-order valence-electron chi connectivity index (χ0n) is 13.9. The summed E-state index contributed by atoms with van der Waals surface area (Å²) in [6, 6.07) is 0. The lowest BCUT2D eigenvalue weighted by molar-refractivity contribution is -0.218. The van der Waals surface area contributed by atoms with Crippen LogP contribution in [-0.4, -0.2) is 24.1 Å². The summed E-state index contributed by atoms with van der Waals surface area (Å²) in [5, 5.41) is 0. The lowest BCUT2D eigenvalue weighted by Crippen LogP contribution is -2.60. The van der Waals surface area contributed by atoms with E-state index in [2.05, 4.69) is 20.4 Å². The van der Waals surface area contributed by atoms with Crippen LogP contribution in [0.2, 0.25) is 0 Å². The molecule has 0 amide bonds. The number of esters is 2. The summed E-state index contributed by atoms with van der Waals surface area (Å²) in [6.45, 7) is 9.42. The third kappa shape index (κ3) is 2.80. The van der Waals surface area contributed by atoms with Crippen LogP contribution in [0.1, 0.15) is 59.3 Å². The molecule has 0 N–H and O–H groups in total. The van der Waals surface area contributed by atoms with Crippen LogP contribution in [-0.2, 0) is 19.1 Å². The van der Waals surface area contributed by atoms with Crippen molar-refractivity contribution in [2.24, 2.45) is 16.7 Å². The van der Waals surface area contributed by atoms with Gasteiger partial charge in [0, 0.05) is 5.57 Å². The van der Waals surface area contributed by atoms with E-state index in [1.165, 1.54) is 19.3 Å². The Morgan fingerprint density at radius 1 is 1.09 bits per heavy atom. The summed E-state index contributed by atoms with van der Waals surface area (Å²) in [5.74, 6) is -0.304. The fourth-order valence-electron chi connectivity index (χ4n) is 5.98. The van der Waals surface area contributed by atoms with Crippen molar-refractivity contribution in [2.45, 2.75) is 64.9 Å². The Morgan fingerprint density at radius 2 is 1.68 bits per heavy atom. The predicted octanol–water partition coefficient (Wildman–Crippen LogP) is 3.40. The number of hydrogen-bond acceptors (Lipinski definition) is 4. The zero-order valence-corrected chi connectivity index (χ0v) is 13.9. The predicted molar refractivity (Wildman–Crippen MR) is 82.0 cm³/mol. The maximum absolute atomic E-state index is 12.1. The highest BCUT2D eigenvalue weighted by atomic mass is 16.6. The molecule has 4 aliphatic rings. The Kier molecular flexibility index (Phi) is 3.42. The van der Waals surface area contributed by atoms with E-state index < -0.39 is 11.9 Å². The molecule has 0 aromatic rings. The minimum atomic E-state index is -0.540. The molecular formula is C18H26O4. The second-order valence-electron chi connectivity index (χ2n) is 8.64. The molecule has 4 rings (SSSR count). The third-order valence-corrected chi connectivity index (χ3v) is 5.57. The Bertz CT molecular complexity index is 517. The van der Waals surface area contributed by atoms with Crippen molar-refractivity contribution < 1.29 is 19.1 Å². The molecule has 4 nitrogen and oxygen atoms in total. The fourth-order valence-corrected chi connectivity index (χ4v) is 5.98. The van der Waals surface area contributed by atoms with E-state index in [1.807, 2.05) is 0 Å². The van der Waals surface area contributed by atoms with Crippen LogP contribution >= 0.6 is 0 Å². The van der Waals surface area contributed by atoms with Gasteiger partial charge in [-0.15, -0.1) is 0 Å². The van der Waals surface area contributed by atoms with Crippen molar-refractivity contribution in [2.75, 3.05) is 6.61 Å². The average Bonchev–Trinajstić information content (AvgIpc) is 2.30. The van der Waals surface area contributed by atoms with Gasteiger partial charge < -0.3 is 9.47 Å². The number of hydrogen-bond donors (Lipinski definition) is 0. The standard InChI is InChI=1S/C18H26O4/c1-12(2)15(20)21-8-14(19)22-18-7-13-5-16(3,10-18)9-17(4,6-13)11-18/h13H,1,5-11H2,2-4H3. The van der Waals surface area contributed by atoms with Crippen molar-refractivity contribution in [3.63, 3.8) is 0 Å². The van der Waals surface area contributed by atoms with Crippen LogP contribution < -0.4 is 0 Å². The number of ether oxygens (including phenoxy) is 2. The maximum Gasteiger partial charge on any atom is 0.344 e. The van der Waals surface area contributed by atoms with Gasteiger partial charge in [0.15, 0.2) is 6.61 Å². The molecule has 0 radical (unpaired) electrons. The molecule has 4 fully saturated rings. The summed E-state index contributed by atoms with van der Waals surface area (Å²) < 4.78 is 10.8. The Balaban J connectivity index is 1.66. The first-order valence-electron chi connectivity index (χ1n) is 8.17. The lowest BCUT2D eigenvalue weighted by Gasteiger charge is -2.64. The quantitative estimate of drug-likeness (QED) is 0.590. The third-order valence-electron chi connectivity index (χ3n) is 5.57. The first kappa shape index (κ1) is 15.6. The van der Waals surface area contributed by atoms with Crippen LogP contribution in [0.25, 0.3) is 0 Å². The smallest absolute Gasteiger partial charge is 0.344 e. The summed E-state index contributed by atoms with van der Waals surface area (Å²) in [4.78, 5) is 23.5. The van der Waals surface area contributed by atoms with E-state index in [4.69, 9.17) is 9.47 Å². The van der Waals surface area contributed by atoms with Crippen LogP contribution in [0.3, 0.4) is 0 Å². The molecule has 0 aromatic carbocycles. The topological polar surface area (TPSA) is 52.6 Å².